The number of hydrogen-bond donors (Lipinski definition) is 0. The Balaban J connectivity index is 2.02. The zero-order chi connectivity index (χ0) is 14.4. The molecule has 0 N–H and O–H groups in total. The van der Waals surface area contributed by atoms with Gasteiger partial charge in [0.1, 0.15) is 10.6 Å². The number of fused-ring (bicyclic) bond motifs is 3. The fraction of sp³-hybridized carbons (Fsp3) is 0.235. The lowest BCUT2D eigenvalue weighted by Gasteiger charge is -2.32. The van der Waals surface area contributed by atoms with E-state index in [1.54, 1.807) is 7.11 Å². The van der Waals surface area contributed by atoms with Crippen LogP contribution in [0.2, 0.25) is 0 Å². The molecule has 0 spiro atoms. The summed E-state index contributed by atoms with van der Waals surface area (Å²) < 4.78 is 5.42. The predicted molar refractivity (Wildman–Crippen MR) is 83.7 cm³/mol. The Bertz CT molecular complexity index is 716. The predicted octanol–water partition coefficient (Wildman–Crippen LogP) is 3.10. The van der Waals surface area contributed by atoms with Gasteiger partial charge in [0.2, 0.25) is 0 Å². The smallest absolute Gasteiger partial charge is 0.259 e. The number of thioether (sulfide) groups is 1. The van der Waals surface area contributed by atoms with Crippen LogP contribution in [0.4, 0.5) is 0 Å². The Morgan fingerprint density at radius 1 is 1.14 bits per heavy atom. The fourth-order valence-corrected chi connectivity index (χ4v) is 4.91. The van der Waals surface area contributed by atoms with Crippen LogP contribution in [0.3, 0.4) is 0 Å². The van der Waals surface area contributed by atoms with E-state index < -0.39 is 0 Å². The Kier molecular flexibility index (Phi) is 2.76. The topological polar surface area (TPSA) is 29.5 Å². The summed E-state index contributed by atoms with van der Waals surface area (Å²) in [5.41, 5.74) is 2.93. The summed E-state index contributed by atoms with van der Waals surface area (Å²) in [5, 5.41) is 0. The van der Waals surface area contributed by atoms with Crippen LogP contribution in [0.15, 0.2) is 48.5 Å². The molecule has 0 aliphatic carbocycles. The van der Waals surface area contributed by atoms with Gasteiger partial charge in [-0.3, -0.25) is 4.79 Å². The van der Waals surface area contributed by atoms with Gasteiger partial charge >= 0.3 is 0 Å². The van der Waals surface area contributed by atoms with Crippen LogP contribution in [-0.2, 0) is 4.87 Å². The maximum Gasteiger partial charge on any atom is 0.259 e. The first kappa shape index (κ1) is 12.8. The molecule has 0 saturated carbocycles. The average molecular weight is 297 g/mol. The molecule has 1 atom stereocenters. The molecule has 1 unspecified atom stereocenters. The first-order valence-electron chi connectivity index (χ1n) is 6.98. The molecule has 2 aromatic rings. The van der Waals surface area contributed by atoms with Crippen molar-refractivity contribution in [2.45, 2.75) is 4.87 Å². The van der Waals surface area contributed by atoms with Gasteiger partial charge in [-0.15, -0.1) is 11.8 Å². The zero-order valence-electron chi connectivity index (χ0n) is 11.7. The summed E-state index contributed by atoms with van der Waals surface area (Å²) in [6, 6.07) is 16.2. The number of hydrogen-bond acceptors (Lipinski definition) is 3. The van der Waals surface area contributed by atoms with Crippen LogP contribution in [0, 0.1) is 0 Å². The van der Waals surface area contributed by atoms with Crippen LogP contribution < -0.4 is 4.74 Å². The van der Waals surface area contributed by atoms with Crippen molar-refractivity contribution in [1.29, 1.82) is 0 Å². The Labute approximate surface area is 127 Å². The lowest BCUT2D eigenvalue weighted by Crippen LogP contribution is -2.37. The molecule has 1 fully saturated rings. The summed E-state index contributed by atoms with van der Waals surface area (Å²) in [5.74, 6) is 1.70. The van der Waals surface area contributed by atoms with Crippen molar-refractivity contribution in [2.75, 3.05) is 19.4 Å². The van der Waals surface area contributed by atoms with Gasteiger partial charge in [0.15, 0.2) is 0 Å². The highest BCUT2D eigenvalue weighted by molar-refractivity contribution is 8.00. The fourth-order valence-electron chi connectivity index (χ4n) is 3.39. The lowest BCUT2D eigenvalue weighted by molar-refractivity contribution is 0.0750. The Hall–Kier alpha value is -1.94. The van der Waals surface area contributed by atoms with Crippen LogP contribution >= 0.6 is 11.8 Å². The molecule has 0 aromatic heterocycles. The van der Waals surface area contributed by atoms with E-state index in [-0.39, 0.29) is 10.8 Å². The van der Waals surface area contributed by atoms with Crippen molar-refractivity contribution in [3.8, 4) is 5.75 Å². The molecule has 21 heavy (non-hydrogen) atoms. The minimum absolute atomic E-state index is 0.0799. The molecule has 2 aliphatic heterocycles. The van der Waals surface area contributed by atoms with Crippen molar-refractivity contribution >= 4 is 17.7 Å². The van der Waals surface area contributed by atoms with E-state index in [4.69, 9.17) is 4.74 Å². The lowest BCUT2D eigenvalue weighted by atomic mass is 9.96. The van der Waals surface area contributed by atoms with E-state index in [1.165, 1.54) is 0 Å². The zero-order valence-corrected chi connectivity index (χ0v) is 12.5. The third kappa shape index (κ3) is 1.54. The highest BCUT2D eigenvalue weighted by Crippen LogP contribution is 2.56. The van der Waals surface area contributed by atoms with E-state index in [9.17, 15) is 4.79 Å². The van der Waals surface area contributed by atoms with Crippen LogP contribution in [0.25, 0.3) is 0 Å². The van der Waals surface area contributed by atoms with Gasteiger partial charge in [0.05, 0.1) is 12.7 Å². The monoisotopic (exact) mass is 297 g/mol. The van der Waals surface area contributed by atoms with Gasteiger partial charge in [-0.25, -0.2) is 0 Å². The maximum atomic E-state index is 12.9. The summed E-state index contributed by atoms with van der Waals surface area (Å²) in [6.07, 6.45) is 0. The number of benzene rings is 2. The SMILES string of the molecule is COc1cccc2c1C(=O)N1CCSC21c1ccccc1. The molecule has 4 heteroatoms. The number of methoxy groups -OCH3 is 1. The van der Waals surface area contributed by atoms with Gasteiger partial charge in [-0.05, 0) is 11.6 Å². The number of ether oxygens (including phenoxy) is 1. The van der Waals surface area contributed by atoms with Crippen molar-refractivity contribution in [3.05, 3.63) is 65.2 Å². The Morgan fingerprint density at radius 3 is 2.71 bits per heavy atom. The summed E-state index contributed by atoms with van der Waals surface area (Å²) in [4.78, 5) is 14.5. The third-order valence-electron chi connectivity index (χ3n) is 4.24. The van der Waals surface area contributed by atoms with E-state index in [0.717, 1.165) is 29.0 Å². The van der Waals surface area contributed by atoms with Crippen molar-refractivity contribution in [3.63, 3.8) is 0 Å². The van der Waals surface area contributed by atoms with Gasteiger partial charge in [-0.1, -0.05) is 42.5 Å². The quantitative estimate of drug-likeness (QED) is 0.853. The van der Waals surface area contributed by atoms with E-state index in [1.807, 2.05) is 47.0 Å². The van der Waals surface area contributed by atoms with Crippen molar-refractivity contribution in [2.24, 2.45) is 0 Å². The molecule has 3 nitrogen and oxygen atoms in total. The molecule has 1 amide bonds. The van der Waals surface area contributed by atoms with Crippen LogP contribution in [0.5, 0.6) is 5.75 Å². The number of carbonyl (C=O) groups is 1. The van der Waals surface area contributed by atoms with Gasteiger partial charge < -0.3 is 9.64 Å². The number of carbonyl (C=O) groups excluding carboxylic acids is 1. The molecule has 0 radical (unpaired) electrons. The first-order valence-corrected chi connectivity index (χ1v) is 7.96. The minimum Gasteiger partial charge on any atom is -0.496 e. The van der Waals surface area contributed by atoms with Crippen LogP contribution in [-0.4, -0.2) is 30.2 Å². The minimum atomic E-state index is -0.387. The molecular formula is C17H15NO2S. The second-order valence-electron chi connectivity index (χ2n) is 5.20. The molecule has 1 saturated heterocycles. The molecule has 2 heterocycles. The number of rotatable bonds is 2. The van der Waals surface area contributed by atoms with Gasteiger partial charge in [0.25, 0.3) is 5.91 Å². The second-order valence-corrected chi connectivity index (χ2v) is 6.49. The third-order valence-corrected chi connectivity index (χ3v) is 5.72. The van der Waals surface area contributed by atoms with Crippen LogP contribution in [0.1, 0.15) is 21.5 Å². The van der Waals surface area contributed by atoms with E-state index in [0.29, 0.717) is 5.75 Å². The molecule has 4 rings (SSSR count). The van der Waals surface area contributed by atoms with E-state index >= 15 is 0 Å². The molecule has 0 bridgehead atoms. The van der Waals surface area contributed by atoms with Crippen molar-refractivity contribution < 1.29 is 9.53 Å². The molecule has 2 aromatic carbocycles. The molecule has 106 valence electrons. The normalized spacial score (nSPS) is 23.1. The van der Waals surface area contributed by atoms with Crippen molar-refractivity contribution in [1.82, 2.24) is 4.90 Å². The highest BCUT2D eigenvalue weighted by atomic mass is 32.2. The first-order chi connectivity index (χ1) is 10.3. The van der Waals surface area contributed by atoms with Gasteiger partial charge in [-0.2, -0.15) is 0 Å². The number of amides is 1. The summed E-state index contributed by atoms with van der Waals surface area (Å²) in [6.45, 7) is 0.774. The largest absolute Gasteiger partial charge is 0.496 e. The molecule has 2 aliphatic rings. The second kappa shape index (κ2) is 4.53. The number of nitrogens with zero attached hydrogens (tertiary/aromatic N) is 1. The summed E-state index contributed by atoms with van der Waals surface area (Å²) in [7, 11) is 1.62. The highest BCUT2D eigenvalue weighted by Gasteiger charge is 2.55. The van der Waals surface area contributed by atoms with Gasteiger partial charge in [0, 0.05) is 17.9 Å². The molecular weight excluding hydrogens is 282 g/mol. The van der Waals surface area contributed by atoms with E-state index in [2.05, 4.69) is 18.2 Å². The summed E-state index contributed by atoms with van der Waals surface area (Å²) >= 11 is 1.83. The Morgan fingerprint density at radius 2 is 1.95 bits per heavy atom. The maximum absolute atomic E-state index is 12.9. The standard InChI is InChI=1S/C17H15NO2S/c1-20-14-9-5-8-13-15(14)16(19)18-10-11-21-17(13,18)12-6-3-2-4-7-12/h2-9H,10-11H2,1H3. The average Bonchev–Trinajstić information content (AvgIpc) is 3.08.